The summed E-state index contributed by atoms with van der Waals surface area (Å²) in [6, 6.07) is 7.81. The fourth-order valence-corrected chi connectivity index (χ4v) is 5.28. The first-order valence-electron chi connectivity index (χ1n) is 9.87. The molecule has 27 heavy (non-hydrogen) atoms. The molecule has 146 valence electrons. The van der Waals surface area contributed by atoms with Gasteiger partial charge in [-0.1, -0.05) is 12.1 Å². The van der Waals surface area contributed by atoms with Crippen LogP contribution in [0.4, 0.5) is 0 Å². The zero-order valence-corrected chi connectivity index (χ0v) is 15.4. The summed E-state index contributed by atoms with van der Waals surface area (Å²) in [6.45, 7) is 4.65. The van der Waals surface area contributed by atoms with E-state index in [4.69, 9.17) is 13.9 Å². The number of ether oxygens (including phenoxy) is 2. The average molecular weight is 374 g/mol. The van der Waals surface area contributed by atoms with Gasteiger partial charge in [0.25, 0.3) is 0 Å². The second-order valence-electron chi connectivity index (χ2n) is 8.03. The van der Waals surface area contributed by atoms with Crippen molar-refractivity contribution in [3.05, 3.63) is 34.8 Å². The third-order valence-electron chi connectivity index (χ3n) is 6.74. The van der Waals surface area contributed by atoms with E-state index >= 15 is 0 Å². The van der Waals surface area contributed by atoms with Crippen molar-refractivity contribution in [2.45, 2.75) is 31.0 Å². The Morgan fingerprint density at radius 3 is 2.93 bits per heavy atom. The summed E-state index contributed by atoms with van der Waals surface area (Å²) in [7, 11) is 0. The van der Waals surface area contributed by atoms with E-state index in [-0.39, 0.29) is 23.6 Å². The first kappa shape index (κ1) is 17.4. The van der Waals surface area contributed by atoms with Gasteiger partial charge in [0, 0.05) is 57.1 Å². The number of hydrogen-bond donors (Lipinski definition) is 1. The molecule has 0 bridgehead atoms. The molecule has 0 unspecified atom stereocenters. The molecule has 3 aliphatic heterocycles. The standard InChI is InChI=1S/C20H26N2O5/c23-19-22(17-3-1-2-4-18(17)27-19)8-7-21-11-14-12-26-10-6-20(14,24)15-13-25-9-5-16(15)21/h1-4,14-16,24H,5-13H2/t14-,15+,16-,20-/m0/s1. The average Bonchev–Trinajstić information content (AvgIpc) is 3.01. The van der Waals surface area contributed by atoms with E-state index in [9.17, 15) is 9.90 Å². The molecule has 4 heterocycles. The summed E-state index contributed by atoms with van der Waals surface area (Å²) >= 11 is 0. The van der Waals surface area contributed by atoms with Crippen LogP contribution in [0.2, 0.25) is 0 Å². The van der Waals surface area contributed by atoms with Crippen molar-refractivity contribution in [1.82, 2.24) is 9.47 Å². The second-order valence-corrected chi connectivity index (χ2v) is 8.03. The van der Waals surface area contributed by atoms with Gasteiger partial charge >= 0.3 is 5.76 Å². The van der Waals surface area contributed by atoms with Crippen molar-refractivity contribution in [3.63, 3.8) is 0 Å². The van der Waals surface area contributed by atoms with Crippen molar-refractivity contribution in [2.24, 2.45) is 11.8 Å². The van der Waals surface area contributed by atoms with Crippen LogP contribution in [0.1, 0.15) is 12.8 Å². The van der Waals surface area contributed by atoms with Crippen LogP contribution in [-0.2, 0) is 16.0 Å². The Morgan fingerprint density at radius 2 is 2.00 bits per heavy atom. The molecule has 3 aliphatic rings. The maximum absolute atomic E-state index is 12.3. The molecule has 2 aromatic rings. The quantitative estimate of drug-likeness (QED) is 0.867. The molecular weight excluding hydrogens is 348 g/mol. The lowest BCUT2D eigenvalue weighted by Crippen LogP contribution is -2.68. The second kappa shape index (κ2) is 6.74. The molecule has 1 aromatic heterocycles. The third kappa shape index (κ3) is 2.84. The number of nitrogens with zero attached hydrogens (tertiary/aromatic N) is 2. The minimum Gasteiger partial charge on any atom is -0.408 e. The number of benzene rings is 1. The van der Waals surface area contributed by atoms with E-state index in [2.05, 4.69) is 4.90 Å². The van der Waals surface area contributed by atoms with Crippen LogP contribution in [0.3, 0.4) is 0 Å². The summed E-state index contributed by atoms with van der Waals surface area (Å²) in [6.07, 6.45) is 1.60. The molecule has 7 heteroatoms. The number of likely N-dealkylation sites (tertiary alicyclic amines) is 1. The summed E-state index contributed by atoms with van der Waals surface area (Å²) < 4.78 is 18.5. The topological polar surface area (TPSA) is 77.1 Å². The van der Waals surface area contributed by atoms with Gasteiger partial charge in [-0.3, -0.25) is 9.47 Å². The molecule has 7 nitrogen and oxygen atoms in total. The molecule has 1 aromatic carbocycles. The Morgan fingerprint density at radius 1 is 1.15 bits per heavy atom. The normalized spacial score (nSPS) is 34.3. The van der Waals surface area contributed by atoms with Gasteiger partial charge in [0.15, 0.2) is 5.58 Å². The Balaban J connectivity index is 1.39. The molecule has 0 aliphatic carbocycles. The van der Waals surface area contributed by atoms with Gasteiger partial charge in [-0.25, -0.2) is 4.79 Å². The maximum Gasteiger partial charge on any atom is 0.419 e. The minimum absolute atomic E-state index is 0.0898. The maximum atomic E-state index is 12.3. The lowest BCUT2D eigenvalue weighted by atomic mass is 9.66. The smallest absolute Gasteiger partial charge is 0.408 e. The predicted molar refractivity (Wildman–Crippen MR) is 98.6 cm³/mol. The van der Waals surface area contributed by atoms with Crippen molar-refractivity contribution in [1.29, 1.82) is 0 Å². The van der Waals surface area contributed by atoms with Crippen LogP contribution in [0, 0.1) is 11.8 Å². The Hall–Kier alpha value is -1.67. The number of rotatable bonds is 3. The van der Waals surface area contributed by atoms with Gasteiger partial charge < -0.3 is 19.0 Å². The molecule has 4 atom stereocenters. The van der Waals surface area contributed by atoms with Crippen LogP contribution in [0.5, 0.6) is 0 Å². The third-order valence-corrected chi connectivity index (χ3v) is 6.74. The van der Waals surface area contributed by atoms with Gasteiger partial charge in [-0.2, -0.15) is 0 Å². The van der Waals surface area contributed by atoms with Gasteiger partial charge in [-0.15, -0.1) is 0 Å². The number of aromatic nitrogens is 1. The van der Waals surface area contributed by atoms with Crippen LogP contribution in [0.15, 0.2) is 33.5 Å². The van der Waals surface area contributed by atoms with E-state index in [1.54, 1.807) is 4.57 Å². The van der Waals surface area contributed by atoms with Crippen molar-refractivity contribution in [2.75, 3.05) is 39.5 Å². The number of oxazole rings is 1. The van der Waals surface area contributed by atoms with Gasteiger partial charge in [0.1, 0.15) is 0 Å². The number of fused-ring (bicyclic) bond motifs is 4. The predicted octanol–water partition coefficient (Wildman–Crippen LogP) is 1.08. The zero-order valence-electron chi connectivity index (χ0n) is 15.4. The SMILES string of the molecule is O=c1oc2ccccc2n1CCN1C[C@H]2COCC[C@@]2(O)[C@@H]2COCC[C@@H]21. The van der Waals surface area contributed by atoms with Crippen LogP contribution in [0.25, 0.3) is 11.1 Å². The molecule has 0 spiro atoms. The van der Waals surface area contributed by atoms with Gasteiger partial charge in [0.2, 0.25) is 0 Å². The lowest BCUT2D eigenvalue weighted by molar-refractivity contribution is -0.220. The van der Waals surface area contributed by atoms with Crippen LogP contribution in [-0.4, -0.2) is 65.7 Å². The number of aliphatic hydroxyl groups is 1. The van der Waals surface area contributed by atoms with E-state index in [0.717, 1.165) is 31.6 Å². The Labute approximate surface area is 157 Å². The lowest BCUT2D eigenvalue weighted by Gasteiger charge is -2.57. The highest BCUT2D eigenvalue weighted by molar-refractivity contribution is 5.72. The number of para-hydroxylation sites is 2. The first-order chi connectivity index (χ1) is 13.2. The molecule has 3 saturated heterocycles. The van der Waals surface area contributed by atoms with Crippen molar-refractivity contribution < 1.29 is 19.0 Å². The highest BCUT2D eigenvalue weighted by Crippen LogP contribution is 2.44. The zero-order chi connectivity index (χ0) is 18.4. The van der Waals surface area contributed by atoms with E-state index in [1.807, 2.05) is 24.3 Å². The first-order valence-corrected chi connectivity index (χ1v) is 9.87. The summed E-state index contributed by atoms with van der Waals surface area (Å²) in [4.78, 5) is 14.7. The molecule has 0 saturated carbocycles. The van der Waals surface area contributed by atoms with Crippen molar-refractivity contribution in [3.8, 4) is 0 Å². The van der Waals surface area contributed by atoms with E-state index in [0.29, 0.717) is 38.4 Å². The summed E-state index contributed by atoms with van der Waals surface area (Å²) in [5, 5.41) is 11.4. The highest BCUT2D eigenvalue weighted by atomic mass is 16.5. The van der Waals surface area contributed by atoms with Gasteiger partial charge in [-0.05, 0) is 18.6 Å². The number of hydrogen-bond acceptors (Lipinski definition) is 6. The summed E-state index contributed by atoms with van der Waals surface area (Å²) in [5.41, 5.74) is 0.764. The fraction of sp³-hybridized carbons (Fsp3) is 0.650. The molecule has 1 N–H and O–H groups in total. The van der Waals surface area contributed by atoms with E-state index < -0.39 is 5.60 Å². The van der Waals surface area contributed by atoms with E-state index in [1.165, 1.54) is 0 Å². The molecule has 0 radical (unpaired) electrons. The molecule has 3 fully saturated rings. The minimum atomic E-state index is -0.695. The monoisotopic (exact) mass is 374 g/mol. The molecule has 5 rings (SSSR count). The van der Waals surface area contributed by atoms with Crippen LogP contribution >= 0.6 is 0 Å². The number of piperidine rings is 1. The highest BCUT2D eigenvalue weighted by Gasteiger charge is 2.55. The largest absolute Gasteiger partial charge is 0.419 e. The Bertz CT molecular complexity index is 877. The van der Waals surface area contributed by atoms with Crippen LogP contribution < -0.4 is 5.76 Å². The van der Waals surface area contributed by atoms with Crippen molar-refractivity contribution >= 4 is 11.1 Å². The van der Waals surface area contributed by atoms with Gasteiger partial charge in [0.05, 0.1) is 24.3 Å². The molecular formula is C20H26N2O5. The fourth-order valence-electron chi connectivity index (χ4n) is 5.28. The Kier molecular flexibility index (Phi) is 4.35. The summed E-state index contributed by atoms with van der Waals surface area (Å²) in [5.74, 6) is -0.118. The molecule has 0 amide bonds.